The second kappa shape index (κ2) is 11.2. The van der Waals surface area contributed by atoms with Crippen LogP contribution in [0.1, 0.15) is 38.3 Å². The van der Waals surface area contributed by atoms with E-state index in [4.69, 9.17) is 10.5 Å². The summed E-state index contributed by atoms with van der Waals surface area (Å²) in [6.45, 7) is 4.35. The average molecular weight is 575 g/mol. The molecule has 13 heteroatoms. The van der Waals surface area contributed by atoms with E-state index in [1.165, 1.54) is 39.8 Å². The lowest BCUT2D eigenvalue weighted by atomic mass is 9.97. The van der Waals surface area contributed by atoms with Crippen molar-refractivity contribution in [1.82, 2.24) is 24.5 Å². The van der Waals surface area contributed by atoms with Crippen LogP contribution in [-0.4, -0.2) is 55.9 Å². The van der Waals surface area contributed by atoms with Crippen molar-refractivity contribution >= 4 is 41.4 Å². The van der Waals surface area contributed by atoms with Gasteiger partial charge in [-0.1, -0.05) is 19.1 Å². The van der Waals surface area contributed by atoms with E-state index in [0.717, 1.165) is 0 Å². The minimum absolute atomic E-state index is 0. The van der Waals surface area contributed by atoms with Gasteiger partial charge in [-0.05, 0) is 43.5 Å². The summed E-state index contributed by atoms with van der Waals surface area (Å²) in [6.07, 6.45) is -1.98. The number of hydrogen-bond donors (Lipinski definition) is 1. The van der Waals surface area contributed by atoms with Gasteiger partial charge in [-0.15, -0.1) is 35.0 Å². The maximum absolute atomic E-state index is 14.3. The number of benzene rings is 1. The van der Waals surface area contributed by atoms with Crippen LogP contribution in [0.15, 0.2) is 42.6 Å². The molecule has 1 aliphatic rings. The van der Waals surface area contributed by atoms with Crippen molar-refractivity contribution in [1.29, 1.82) is 0 Å². The van der Waals surface area contributed by atoms with Gasteiger partial charge in [0, 0.05) is 36.3 Å². The molecule has 0 spiro atoms. The molecule has 1 saturated heterocycles. The Kier molecular flexibility index (Phi) is 8.77. The Morgan fingerprint density at radius 1 is 1.11 bits per heavy atom. The van der Waals surface area contributed by atoms with Gasteiger partial charge in [0.2, 0.25) is 0 Å². The number of halogens is 6. The number of aromatic nitrogens is 4. The predicted molar refractivity (Wildman–Crippen MR) is 142 cm³/mol. The van der Waals surface area contributed by atoms with E-state index in [2.05, 4.69) is 15.2 Å². The highest BCUT2D eigenvalue weighted by Gasteiger charge is 2.49. The van der Waals surface area contributed by atoms with Gasteiger partial charge in [-0.3, -0.25) is 9.30 Å². The van der Waals surface area contributed by atoms with Crippen LogP contribution in [0, 0.1) is 5.82 Å². The second-order valence-electron chi connectivity index (χ2n) is 9.20. The molecular weight excluding hydrogens is 547 g/mol. The van der Waals surface area contributed by atoms with E-state index in [9.17, 15) is 17.6 Å². The fraction of sp³-hybridized carbons (Fsp3) is 0.400. The van der Waals surface area contributed by atoms with Gasteiger partial charge in [-0.25, -0.2) is 9.37 Å². The molecule has 1 fully saturated rings. The predicted octanol–water partition coefficient (Wildman–Crippen LogP) is 5.74. The Labute approximate surface area is 229 Å². The second-order valence-corrected chi connectivity index (χ2v) is 9.20. The summed E-state index contributed by atoms with van der Waals surface area (Å²) in [4.78, 5) is 5.96. The first-order chi connectivity index (χ1) is 17.1. The number of fused-ring (bicyclic) bond motifs is 2. The fourth-order valence-electron chi connectivity index (χ4n) is 4.80. The van der Waals surface area contributed by atoms with Crippen LogP contribution in [0.2, 0.25) is 0 Å². The van der Waals surface area contributed by atoms with E-state index in [1.54, 1.807) is 19.1 Å². The third kappa shape index (κ3) is 5.51. The summed E-state index contributed by atoms with van der Waals surface area (Å²) in [5.41, 5.74) is 6.96. The van der Waals surface area contributed by atoms with Gasteiger partial charge in [-0.2, -0.15) is 13.2 Å². The molecule has 2 N–H and O–H groups in total. The van der Waals surface area contributed by atoms with E-state index < -0.39 is 23.6 Å². The number of ether oxygens (including phenoxy) is 1. The van der Waals surface area contributed by atoms with Gasteiger partial charge in [0.05, 0.1) is 12.1 Å². The maximum atomic E-state index is 14.3. The molecule has 0 bridgehead atoms. The van der Waals surface area contributed by atoms with Crippen molar-refractivity contribution in [2.75, 3.05) is 19.7 Å². The lowest BCUT2D eigenvalue weighted by molar-refractivity contribution is -0.184. The Morgan fingerprint density at radius 2 is 1.87 bits per heavy atom. The number of likely N-dealkylation sites (tertiary alicyclic amines) is 1. The topological polar surface area (TPSA) is 81.6 Å². The molecule has 38 heavy (non-hydrogen) atoms. The molecule has 3 aromatic heterocycles. The molecule has 0 saturated carbocycles. The van der Waals surface area contributed by atoms with E-state index in [1.807, 2.05) is 6.92 Å². The molecule has 0 amide bonds. The first-order valence-electron chi connectivity index (χ1n) is 11.8. The lowest BCUT2D eigenvalue weighted by Gasteiger charge is -2.31. The van der Waals surface area contributed by atoms with Crippen LogP contribution in [0.5, 0.6) is 5.75 Å². The zero-order chi connectivity index (χ0) is 25.7. The number of nitrogens with zero attached hydrogens (tertiary/aromatic N) is 5. The highest BCUT2D eigenvalue weighted by molar-refractivity contribution is 5.85. The molecule has 0 aliphatic carbocycles. The van der Waals surface area contributed by atoms with Crippen LogP contribution in [0.4, 0.5) is 17.6 Å². The molecule has 1 aromatic carbocycles. The zero-order valence-electron chi connectivity index (χ0n) is 20.7. The smallest absolute Gasteiger partial charge is 0.408 e. The minimum atomic E-state index is -4.50. The van der Waals surface area contributed by atoms with Gasteiger partial charge < -0.3 is 10.5 Å². The van der Waals surface area contributed by atoms with Crippen LogP contribution >= 0.6 is 24.8 Å². The van der Waals surface area contributed by atoms with Crippen molar-refractivity contribution in [3.63, 3.8) is 0 Å². The van der Waals surface area contributed by atoms with Gasteiger partial charge >= 0.3 is 6.18 Å². The van der Waals surface area contributed by atoms with Crippen LogP contribution in [-0.2, 0) is 0 Å². The molecular formula is C25H28Cl2F4N6O. The van der Waals surface area contributed by atoms with Gasteiger partial charge in [0.1, 0.15) is 11.7 Å². The van der Waals surface area contributed by atoms with Crippen molar-refractivity contribution in [3.8, 4) is 17.3 Å². The van der Waals surface area contributed by atoms with Crippen molar-refractivity contribution in [2.24, 2.45) is 5.73 Å². The van der Waals surface area contributed by atoms with Crippen LogP contribution in [0.25, 0.3) is 28.1 Å². The zero-order valence-corrected chi connectivity index (χ0v) is 22.3. The lowest BCUT2D eigenvalue weighted by Crippen LogP contribution is -2.44. The summed E-state index contributed by atoms with van der Waals surface area (Å²) in [6, 6.07) is 7.27. The van der Waals surface area contributed by atoms with E-state index >= 15 is 0 Å². The highest BCUT2D eigenvalue weighted by atomic mass is 35.5. The number of alkyl halides is 3. The Hall–Kier alpha value is -2.73. The molecule has 1 unspecified atom stereocenters. The molecule has 206 valence electrons. The normalized spacial score (nSPS) is 18.8. The number of hydrogen-bond acceptors (Lipinski definition) is 6. The van der Waals surface area contributed by atoms with Crippen molar-refractivity contribution < 1.29 is 22.3 Å². The third-order valence-electron chi connectivity index (χ3n) is 6.81. The first-order valence-corrected chi connectivity index (χ1v) is 11.8. The molecule has 7 nitrogen and oxygen atoms in total. The molecule has 0 radical (unpaired) electrons. The monoisotopic (exact) mass is 574 g/mol. The Bertz CT molecular complexity index is 1430. The summed E-state index contributed by atoms with van der Waals surface area (Å²) < 4.78 is 63.9. The van der Waals surface area contributed by atoms with Crippen LogP contribution < -0.4 is 10.5 Å². The minimum Gasteiger partial charge on any atom is -0.491 e. The third-order valence-corrected chi connectivity index (χ3v) is 6.81. The van der Waals surface area contributed by atoms with Gasteiger partial charge in [0.15, 0.2) is 23.0 Å². The number of rotatable bonds is 6. The molecule has 1 aliphatic heterocycles. The Balaban J connectivity index is 0.00000200. The Morgan fingerprint density at radius 3 is 2.53 bits per heavy atom. The van der Waals surface area contributed by atoms with Gasteiger partial charge in [0.25, 0.3) is 0 Å². The summed E-state index contributed by atoms with van der Waals surface area (Å²) in [5, 5.41) is 8.84. The standard InChI is InChI=1S/C25H26F4N6O.2ClH/c1-3-24(30)9-10-34(14-24)22(25(27,28)29)16-6-8-21-32-33-23(35(21)13-16)18-7-5-15-11-17(26)20(36-4-2)12-19(15)31-18;;/h5-8,11-13,22H,3-4,9-10,14,30H2,1-2H3;2*1H/t22-,24?;;/m0../s1. The van der Waals surface area contributed by atoms with Crippen molar-refractivity contribution in [2.45, 2.75) is 44.4 Å². The number of nitrogens with two attached hydrogens (primary N) is 1. The quantitative estimate of drug-likeness (QED) is 0.296. The summed E-state index contributed by atoms with van der Waals surface area (Å²) in [5.74, 6) is -0.147. The van der Waals surface area contributed by atoms with E-state index in [-0.39, 0.29) is 55.0 Å². The average Bonchev–Trinajstić information content (AvgIpc) is 3.43. The molecule has 4 aromatic rings. The SMILES string of the molecule is CCOc1cc2nc(-c3nnc4ccc([C@H](N5CCC(N)(CC)C5)C(F)(F)F)cn34)ccc2cc1F.Cl.Cl. The summed E-state index contributed by atoms with van der Waals surface area (Å²) >= 11 is 0. The van der Waals surface area contributed by atoms with Crippen molar-refractivity contribution in [3.05, 3.63) is 54.0 Å². The maximum Gasteiger partial charge on any atom is 0.408 e. The molecule has 5 rings (SSSR count). The first kappa shape index (κ1) is 29.8. The fourth-order valence-corrected chi connectivity index (χ4v) is 4.80. The largest absolute Gasteiger partial charge is 0.491 e. The number of pyridine rings is 2. The van der Waals surface area contributed by atoms with Crippen LogP contribution in [0.3, 0.4) is 0 Å². The molecule has 4 heterocycles. The van der Waals surface area contributed by atoms with E-state index in [0.29, 0.717) is 41.7 Å². The summed E-state index contributed by atoms with van der Waals surface area (Å²) in [7, 11) is 0. The molecule has 2 atom stereocenters. The highest BCUT2D eigenvalue weighted by Crippen LogP contribution is 2.41.